The molecule has 0 spiro atoms. The van der Waals surface area contributed by atoms with Crippen molar-refractivity contribution in [3.05, 3.63) is 69.9 Å². The van der Waals surface area contributed by atoms with Crippen molar-refractivity contribution in [3.8, 4) is 5.69 Å². The predicted molar refractivity (Wildman–Crippen MR) is 95.0 cm³/mol. The summed E-state index contributed by atoms with van der Waals surface area (Å²) >= 11 is 0. The molecular formula is C17H13F3N6O2. The maximum Gasteiger partial charge on any atom is 0.423 e. The SMILES string of the molecule is Cc1nn(-c2ccccc2)c(N)c1N=Nc1ccc([N+](=O)[O-])c(C(F)(F)F)c1. The van der Waals surface area contributed by atoms with Gasteiger partial charge < -0.3 is 5.73 Å². The molecule has 1 heterocycles. The molecule has 144 valence electrons. The topological polar surface area (TPSA) is 112 Å². The number of nitrogens with two attached hydrogens (primary N) is 1. The summed E-state index contributed by atoms with van der Waals surface area (Å²) in [7, 11) is 0. The number of nitro groups is 1. The monoisotopic (exact) mass is 390 g/mol. The van der Waals surface area contributed by atoms with Crippen LogP contribution >= 0.6 is 0 Å². The fraction of sp³-hybridized carbons (Fsp3) is 0.118. The molecule has 0 bridgehead atoms. The Morgan fingerprint density at radius 3 is 2.43 bits per heavy atom. The van der Waals surface area contributed by atoms with E-state index in [1.165, 1.54) is 4.68 Å². The second kappa shape index (κ2) is 7.10. The average molecular weight is 390 g/mol. The number of alkyl halides is 3. The number of hydrogen-bond acceptors (Lipinski definition) is 6. The van der Waals surface area contributed by atoms with Crippen LogP contribution in [0.15, 0.2) is 58.8 Å². The molecule has 3 rings (SSSR count). The third-order valence-electron chi connectivity index (χ3n) is 3.81. The zero-order valence-corrected chi connectivity index (χ0v) is 14.4. The third-order valence-corrected chi connectivity index (χ3v) is 3.81. The fourth-order valence-corrected chi connectivity index (χ4v) is 2.51. The number of para-hydroxylation sites is 1. The lowest BCUT2D eigenvalue weighted by atomic mass is 10.1. The Morgan fingerprint density at radius 1 is 1.14 bits per heavy atom. The highest BCUT2D eigenvalue weighted by Crippen LogP contribution is 2.39. The van der Waals surface area contributed by atoms with Crippen LogP contribution in [0.2, 0.25) is 0 Å². The maximum absolute atomic E-state index is 13.1. The Labute approximate surface area is 156 Å². The first-order valence-electron chi connectivity index (χ1n) is 7.86. The molecule has 0 radical (unpaired) electrons. The van der Waals surface area contributed by atoms with E-state index in [0.717, 1.165) is 12.1 Å². The van der Waals surface area contributed by atoms with E-state index >= 15 is 0 Å². The molecule has 2 aromatic carbocycles. The summed E-state index contributed by atoms with van der Waals surface area (Å²) in [6, 6.07) is 11.3. The first-order valence-corrected chi connectivity index (χ1v) is 7.86. The van der Waals surface area contributed by atoms with Crippen molar-refractivity contribution >= 4 is 22.9 Å². The van der Waals surface area contributed by atoms with Gasteiger partial charge >= 0.3 is 6.18 Å². The number of rotatable bonds is 4. The minimum absolute atomic E-state index is 0.158. The smallest absolute Gasteiger partial charge is 0.382 e. The quantitative estimate of drug-likeness (QED) is 0.379. The summed E-state index contributed by atoms with van der Waals surface area (Å²) < 4.78 is 40.6. The van der Waals surface area contributed by atoms with Crippen LogP contribution in [0, 0.1) is 17.0 Å². The number of nitrogens with zero attached hydrogens (tertiary/aromatic N) is 5. The molecule has 8 nitrogen and oxygen atoms in total. The molecule has 0 atom stereocenters. The number of nitrogen functional groups attached to an aromatic ring is 1. The molecule has 0 unspecified atom stereocenters. The first-order chi connectivity index (χ1) is 13.2. The van der Waals surface area contributed by atoms with Gasteiger partial charge in [-0.1, -0.05) is 18.2 Å². The highest BCUT2D eigenvalue weighted by atomic mass is 19.4. The Morgan fingerprint density at radius 2 is 1.82 bits per heavy atom. The lowest BCUT2D eigenvalue weighted by Crippen LogP contribution is -2.08. The third kappa shape index (κ3) is 3.68. The van der Waals surface area contributed by atoms with Crippen molar-refractivity contribution in [3.63, 3.8) is 0 Å². The lowest BCUT2D eigenvalue weighted by molar-refractivity contribution is -0.388. The highest BCUT2D eigenvalue weighted by Gasteiger charge is 2.38. The summed E-state index contributed by atoms with van der Waals surface area (Å²) in [6.45, 7) is 1.63. The molecule has 0 aliphatic carbocycles. The van der Waals surface area contributed by atoms with Crippen molar-refractivity contribution in [2.24, 2.45) is 10.2 Å². The molecule has 0 fully saturated rings. The van der Waals surface area contributed by atoms with Crippen LogP contribution in [0.1, 0.15) is 11.3 Å². The van der Waals surface area contributed by atoms with Gasteiger partial charge in [-0.05, 0) is 31.2 Å². The van der Waals surface area contributed by atoms with Crippen molar-refractivity contribution in [2.45, 2.75) is 13.1 Å². The molecule has 0 amide bonds. The van der Waals surface area contributed by atoms with Crippen LogP contribution < -0.4 is 5.73 Å². The average Bonchev–Trinajstić information content (AvgIpc) is 2.93. The molecular weight excluding hydrogens is 377 g/mol. The molecule has 0 aliphatic heterocycles. The minimum Gasteiger partial charge on any atom is -0.382 e. The molecule has 3 aromatic rings. The van der Waals surface area contributed by atoms with Gasteiger partial charge in [-0.2, -0.15) is 23.4 Å². The molecule has 1 aromatic heterocycles. The van der Waals surface area contributed by atoms with Crippen molar-refractivity contribution in [1.82, 2.24) is 9.78 Å². The van der Waals surface area contributed by atoms with Gasteiger partial charge in [-0.25, -0.2) is 4.68 Å². The van der Waals surface area contributed by atoms with E-state index in [4.69, 9.17) is 5.73 Å². The Bertz CT molecular complexity index is 1060. The van der Waals surface area contributed by atoms with E-state index in [2.05, 4.69) is 15.3 Å². The number of aryl methyl sites for hydroxylation is 1. The van der Waals surface area contributed by atoms with E-state index in [9.17, 15) is 23.3 Å². The van der Waals surface area contributed by atoms with E-state index in [1.807, 2.05) is 6.07 Å². The largest absolute Gasteiger partial charge is 0.423 e. The molecule has 11 heteroatoms. The van der Waals surface area contributed by atoms with E-state index in [0.29, 0.717) is 17.4 Å². The second-order valence-electron chi connectivity index (χ2n) is 5.72. The second-order valence-corrected chi connectivity index (χ2v) is 5.72. The van der Waals surface area contributed by atoms with Crippen LogP contribution in [0.5, 0.6) is 0 Å². The minimum atomic E-state index is -4.90. The number of hydrogen-bond donors (Lipinski definition) is 1. The van der Waals surface area contributed by atoms with Crippen molar-refractivity contribution < 1.29 is 18.1 Å². The van der Waals surface area contributed by atoms with Crippen molar-refractivity contribution in [1.29, 1.82) is 0 Å². The predicted octanol–water partition coefficient (Wildman–Crippen LogP) is 5.11. The van der Waals surface area contributed by atoms with E-state index < -0.39 is 22.4 Å². The van der Waals surface area contributed by atoms with Gasteiger partial charge in [-0.15, -0.1) is 5.11 Å². The first kappa shape index (κ1) is 19.0. The summed E-state index contributed by atoms with van der Waals surface area (Å²) in [5.41, 5.74) is 4.67. The van der Waals surface area contributed by atoms with Crippen molar-refractivity contribution in [2.75, 3.05) is 5.73 Å². The summed E-state index contributed by atoms with van der Waals surface area (Å²) in [4.78, 5) is 9.71. The van der Waals surface area contributed by atoms with Gasteiger partial charge in [-0.3, -0.25) is 10.1 Å². The van der Waals surface area contributed by atoms with E-state index in [-0.39, 0.29) is 17.2 Å². The summed E-state index contributed by atoms with van der Waals surface area (Å²) in [6.07, 6.45) is -4.90. The number of nitro benzene ring substituents is 1. The summed E-state index contributed by atoms with van der Waals surface area (Å²) in [5, 5.41) is 22.7. The van der Waals surface area contributed by atoms with Gasteiger partial charge in [0.25, 0.3) is 5.69 Å². The number of aromatic nitrogens is 2. The summed E-state index contributed by atoms with van der Waals surface area (Å²) in [5.74, 6) is 0.158. The fourth-order valence-electron chi connectivity index (χ4n) is 2.51. The molecule has 0 saturated heterocycles. The van der Waals surface area contributed by atoms with Gasteiger partial charge in [0.2, 0.25) is 0 Å². The number of halogens is 3. The number of anilines is 1. The van der Waals surface area contributed by atoms with Crippen LogP contribution in [0.25, 0.3) is 5.69 Å². The highest BCUT2D eigenvalue weighted by molar-refractivity contribution is 5.64. The normalized spacial score (nSPS) is 11.9. The lowest BCUT2D eigenvalue weighted by Gasteiger charge is -2.07. The van der Waals surface area contributed by atoms with Crippen LogP contribution in [0.3, 0.4) is 0 Å². The molecule has 0 aliphatic rings. The Kier molecular flexibility index (Phi) is 4.82. The van der Waals surface area contributed by atoms with Gasteiger partial charge in [0.1, 0.15) is 5.56 Å². The standard InChI is InChI=1S/C17H13F3N6O2/c1-10-15(16(21)25(24-10)12-5-3-2-4-6-12)23-22-11-7-8-14(26(27)28)13(9-11)17(18,19)20/h2-9H,21H2,1H3. The van der Waals surface area contributed by atoms with Gasteiger partial charge in [0.05, 0.1) is 22.0 Å². The Balaban J connectivity index is 1.99. The van der Waals surface area contributed by atoms with Crippen LogP contribution in [-0.4, -0.2) is 14.7 Å². The zero-order chi connectivity index (χ0) is 20.5. The number of azo groups is 1. The van der Waals surface area contributed by atoms with Gasteiger partial charge in [0, 0.05) is 6.07 Å². The molecule has 28 heavy (non-hydrogen) atoms. The van der Waals surface area contributed by atoms with Crippen LogP contribution in [0.4, 0.5) is 36.1 Å². The maximum atomic E-state index is 13.1. The number of benzene rings is 2. The Hall–Kier alpha value is -3.76. The molecule has 0 saturated carbocycles. The zero-order valence-electron chi connectivity index (χ0n) is 14.4. The van der Waals surface area contributed by atoms with E-state index in [1.54, 1.807) is 31.2 Å². The van der Waals surface area contributed by atoms with Gasteiger partial charge in [0.15, 0.2) is 11.5 Å². The molecule has 2 N–H and O–H groups in total. The van der Waals surface area contributed by atoms with Crippen LogP contribution in [-0.2, 0) is 6.18 Å².